The van der Waals surface area contributed by atoms with Gasteiger partial charge in [0.25, 0.3) is 0 Å². The fourth-order valence-corrected chi connectivity index (χ4v) is 2.11. The Morgan fingerprint density at radius 2 is 2.20 bits per heavy atom. The van der Waals surface area contributed by atoms with Crippen LogP contribution in [0.2, 0.25) is 0 Å². The minimum absolute atomic E-state index is 0.132. The van der Waals surface area contributed by atoms with Gasteiger partial charge in [-0.1, -0.05) is 24.3 Å². The molecule has 2 rings (SSSR count). The molecule has 2 atom stereocenters. The van der Waals surface area contributed by atoms with Crippen molar-refractivity contribution in [3.05, 3.63) is 35.4 Å². The van der Waals surface area contributed by atoms with Gasteiger partial charge < -0.3 is 10.1 Å². The Balaban J connectivity index is 2.41. The molecule has 80 valence electrons. The standard InChI is InChI=1S/C12H15NO2/c1-8-11(12(14)15-2)10-6-4-3-5-9(10)7-13-8/h3-6,8,11,13H,7H2,1-2H3. The van der Waals surface area contributed by atoms with Crippen molar-refractivity contribution in [1.82, 2.24) is 5.32 Å². The Morgan fingerprint density at radius 3 is 2.93 bits per heavy atom. The third-order valence-electron chi connectivity index (χ3n) is 2.96. The molecule has 0 saturated heterocycles. The van der Waals surface area contributed by atoms with E-state index in [0.29, 0.717) is 0 Å². The summed E-state index contributed by atoms with van der Waals surface area (Å²) in [6, 6.07) is 8.14. The Labute approximate surface area is 89.4 Å². The third kappa shape index (κ3) is 1.75. The number of benzene rings is 1. The molecule has 3 nitrogen and oxygen atoms in total. The molecule has 1 aromatic rings. The molecule has 0 spiro atoms. The van der Waals surface area contributed by atoms with E-state index >= 15 is 0 Å². The number of carbonyl (C=O) groups excluding carboxylic acids is 1. The van der Waals surface area contributed by atoms with E-state index in [1.807, 2.05) is 31.2 Å². The summed E-state index contributed by atoms with van der Waals surface area (Å²) in [5.74, 6) is -0.345. The second kappa shape index (κ2) is 4.03. The number of hydrogen-bond donors (Lipinski definition) is 1. The average molecular weight is 205 g/mol. The molecule has 0 saturated carbocycles. The molecule has 15 heavy (non-hydrogen) atoms. The lowest BCUT2D eigenvalue weighted by molar-refractivity contribution is -0.143. The van der Waals surface area contributed by atoms with Crippen LogP contribution < -0.4 is 5.32 Å². The zero-order chi connectivity index (χ0) is 10.8. The first-order chi connectivity index (χ1) is 7.24. The van der Waals surface area contributed by atoms with Crippen molar-refractivity contribution in [2.75, 3.05) is 7.11 Å². The fraction of sp³-hybridized carbons (Fsp3) is 0.417. The van der Waals surface area contributed by atoms with Crippen molar-refractivity contribution >= 4 is 5.97 Å². The lowest BCUT2D eigenvalue weighted by atomic mass is 9.85. The van der Waals surface area contributed by atoms with Crippen LogP contribution in [-0.2, 0) is 16.1 Å². The highest BCUT2D eigenvalue weighted by Crippen LogP contribution is 2.28. The van der Waals surface area contributed by atoms with Crippen LogP contribution in [0.1, 0.15) is 24.0 Å². The number of esters is 1. The zero-order valence-corrected chi connectivity index (χ0v) is 8.99. The number of methoxy groups -OCH3 is 1. The molecule has 0 amide bonds. The van der Waals surface area contributed by atoms with Gasteiger partial charge in [-0.05, 0) is 18.1 Å². The minimum Gasteiger partial charge on any atom is -0.469 e. The average Bonchev–Trinajstić information content (AvgIpc) is 2.28. The lowest BCUT2D eigenvalue weighted by Crippen LogP contribution is -2.41. The molecule has 0 aliphatic carbocycles. The molecule has 0 bridgehead atoms. The van der Waals surface area contributed by atoms with Gasteiger partial charge in [0, 0.05) is 12.6 Å². The molecule has 1 aliphatic heterocycles. The van der Waals surface area contributed by atoms with Gasteiger partial charge in [0.15, 0.2) is 0 Å². The normalized spacial score (nSPS) is 24.4. The molecule has 1 heterocycles. The van der Waals surface area contributed by atoms with Gasteiger partial charge >= 0.3 is 5.97 Å². The molecule has 0 fully saturated rings. The second-order valence-corrected chi connectivity index (χ2v) is 3.87. The summed E-state index contributed by atoms with van der Waals surface area (Å²) in [7, 11) is 1.44. The largest absolute Gasteiger partial charge is 0.469 e. The Morgan fingerprint density at radius 1 is 1.47 bits per heavy atom. The Bertz CT molecular complexity index is 376. The highest BCUT2D eigenvalue weighted by molar-refractivity contribution is 5.80. The molecular formula is C12H15NO2. The minimum atomic E-state index is -0.181. The van der Waals surface area contributed by atoms with Crippen LogP contribution >= 0.6 is 0 Å². The molecular weight excluding hydrogens is 190 g/mol. The quantitative estimate of drug-likeness (QED) is 0.705. The molecule has 1 N–H and O–H groups in total. The van der Waals surface area contributed by atoms with E-state index in [4.69, 9.17) is 4.74 Å². The van der Waals surface area contributed by atoms with Gasteiger partial charge in [-0.15, -0.1) is 0 Å². The summed E-state index contributed by atoms with van der Waals surface area (Å²) in [4.78, 5) is 11.7. The van der Waals surface area contributed by atoms with E-state index in [1.165, 1.54) is 12.7 Å². The predicted octanol–water partition coefficient (Wildman–Crippen LogP) is 1.43. The fourth-order valence-electron chi connectivity index (χ4n) is 2.11. The molecule has 1 aliphatic rings. The topological polar surface area (TPSA) is 38.3 Å². The number of carbonyl (C=O) groups is 1. The van der Waals surface area contributed by atoms with Crippen LogP contribution in [0.5, 0.6) is 0 Å². The molecule has 1 aromatic carbocycles. The van der Waals surface area contributed by atoms with E-state index in [-0.39, 0.29) is 17.9 Å². The SMILES string of the molecule is COC(=O)C1c2ccccc2CNC1C. The van der Waals surface area contributed by atoms with Gasteiger partial charge in [-0.2, -0.15) is 0 Å². The first-order valence-corrected chi connectivity index (χ1v) is 5.13. The van der Waals surface area contributed by atoms with E-state index < -0.39 is 0 Å². The van der Waals surface area contributed by atoms with Gasteiger partial charge in [0.2, 0.25) is 0 Å². The van der Waals surface area contributed by atoms with Crippen LogP contribution in [0.4, 0.5) is 0 Å². The Hall–Kier alpha value is -1.35. The van der Waals surface area contributed by atoms with Crippen molar-refractivity contribution < 1.29 is 9.53 Å². The summed E-state index contributed by atoms with van der Waals surface area (Å²) in [6.07, 6.45) is 0. The number of nitrogens with one attached hydrogen (secondary N) is 1. The smallest absolute Gasteiger partial charge is 0.314 e. The maximum atomic E-state index is 11.7. The third-order valence-corrected chi connectivity index (χ3v) is 2.96. The van der Waals surface area contributed by atoms with Crippen LogP contribution in [0.3, 0.4) is 0 Å². The van der Waals surface area contributed by atoms with Crippen LogP contribution in [0.25, 0.3) is 0 Å². The van der Waals surface area contributed by atoms with Crippen molar-refractivity contribution in [2.24, 2.45) is 0 Å². The number of hydrogen-bond acceptors (Lipinski definition) is 3. The summed E-state index contributed by atoms with van der Waals surface area (Å²) in [5, 5.41) is 3.30. The first-order valence-electron chi connectivity index (χ1n) is 5.13. The maximum absolute atomic E-state index is 11.7. The summed E-state index contributed by atoms with van der Waals surface area (Å²) < 4.78 is 4.84. The zero-order valence-electron chi connectivity index (χ0n) is 8.99. The molecule has 0 radical (unpaired) electrons. The Kier molecular flexibility index (Phi) is 2.73. The van der Waals surface area contributed by atoms with E-state index in [0.717, 1.165) is 12.1 Å². The monoisotopic (exact) mass is 205 g/mol. The van der Waals surface area contributed by atoms with Crippen molar-refractivity contribution in [1.29, 1.82) is 0 Å². The lowest BCUT2D eigenvalue weighted by Gasteiger charge is -2.30. The maximum Gasteiger partial charge on any atom is 0.314 e. The number of rotatable bonds is 1. The van der Waals surface area contributed by atoms with Crippen LogP contribution in [0.15, 0.2) is 24.3 Å². The number of fused-ring (bicyclic) bond motifs is 1. The first kappa shape index (κ1) is 10.2. The van der Waals surface area contributed by atoms with Gasteiger partial charge in [-0.3, -0.25) is 4.79 Å². The van der Waals surface area contributed by atoms with Crippen LogP contribution in [-0.4, -0.2) is 19.1 Å². The van der Waals surface area contributed by atoms with Crippen molar-refractivity contribution in [3.63, 3.8) is 0 Å². The molecule has 2 unspecified atom stereocenters. The van der Waals surface area contributed by atoms with E-state index in [1.54, 1.807) is 0 Å². The van der Waals surface area contributed by atoms with E-state index in [9.17, 15) is 4.79 Å². The molecule has 0 aromatic heterocycles. The van der Waals surface area contributed by atoms with Gasteiger partial charge in [0.05, 0.1) is 13.0 Å². The van der Waals surface area contributed by atoms with Crippen LogP contribution in [0, 0.1) is 0 Å². The van der Waals surface area contributed by atoms with E-state index in [2.05, 4.69) is 5.32 Å². The second-order valence-electron chi connectivity index (χ2n) is 3.87. The van der Waals surface area contributed by atoms with Crippen molar-refractivity contribution in [2.45, 2.75) is 25.4 Å². The van der Waals surface area contributed by atoms with Crippen molar-refractivity contribution in [3.8, 4) is 0 Å². The summed E-state index contributed by atoms with van der Waals surface area (Å²) in [6.45, 7) is 2.84. The highest BCUT2D eigenvalue weighted by atomic mass is 16.5. The number of ether oxygens (including phenoxy) is 1. The summed E-state index contributed by atoms with van der Waals surface area (Å²) >= 11 is 0. The van der Waals surface area contributed by atoms with Gasteiger partial charge in [-0.25, -0.2) is 0 Å². The molecule has 3 heteroatoms. The summed E-state index contributed by atoms with van der Waals surface area (Å²) in [5.41, 5.74) is 2.28. The highest BCUT2D eigenvalue weighted by Gasteiger charge is 2.32. The van der Waals surface area contributed by atoms with Gasteiger partial charge in [0.1, 0.15) is 0 Å². The predicted molar refractivity (Wildman–Crippen MR) is 57.5 cm³/mol.